The number of nitrogens with zero attached hydrogens (tertiary/aromatic N) is 1. The molecule has 0 saturated carbocycles. The van der Waals surface area contributed by atoms with Crippen LogP contribution in [0.15, 0.2) is 65.6 Å². The van der Waals surface area contributed by atoms with Gasteiger partial charge in [-0.25, -0.2) is 0 Å². The van der Waals surface area contributed by atoms with Gasteiger partial charge < -0.3 is 0 Å². The molecule has 3 aromatic rings. The summed E-state index contributed by atoms with van der Waals surface area (Å²) in [5, 5.41) is 6.79. The number of amides is 2. The average Bonchev–Trinajstić information content (AvgIpc) is 3.17. The zero-order valence-corrected chi connectivity index (χ0v) is 15.0. The first-order chi connectivity index (χ1) is 12.6. The molecule has 0 atom stereocenters. The van der Waals surface area contributed by atoms with Crippen LogP contribution >= 0.6 is 11.8 Å². The number of thioether (sulfide) groups is 1. The van der Waals surface area contributed by atoms with Crippen molar-refractivity contribution in [3.63, 3.8) is 0 Å². The molecule has 0 bridgehead atoms. The van der Waals surface area contributed by atoms with Crippen LogP contribution in [0.4, 0.5) is 0 Å². The summed E-state index contributed by atoms with van der Waals surface area (Å²) in [7, 11) is 0. The summed E-state index contributed by atoms with van der Waals surface area (Å²) in [5.41, 5.74) is 7.80. The summed E-state index contributed by atoms with van der Waals surface area (Å²) in [5.74, 6) is -0.526. The number of benzene rings is 2. The Balaban J connectivity index is 1.48. The number of aryl methyl sites for hydroxylation is 1. The Kier molecular flexibility index (Phi) is 5.70. The van der Waals surface area contributed by atoms with Gasteiger partial charge in [-0.1, -0.05) is 48.0 Å². The van der Waals surface area contributed by atoms with Gasteiger partial charge in [-0.05, 0) is 25.1 Å². The van der Waals surface area contributed by atoms with Gasteiger partial charge in [0.05, 0.1) is 11.4 Å². The molecule has 6 nitrogen and oxygen atoms in total. The van der Waals surface area contributed by atoms with E-state index >= 15 is 0 Å². The highest BCUT2D eigenvalue weighted by Gasteiger charge is 2.12. The summed E-state index contributed by atoms with van der Waals surface area (Å²) < 4.78 is 0. The van der Waals surface area contributed by atoms with Crippen LogP contribution in [0.25, 0.3) is 11.3 Å². The molecule has 132 valence electrons. The van der Waals surface area contributed by atoms with Gasteiger partial charge in [0.2, 0.25) is 5.91 Å². The normalized spacial score (nSPS) is 10.3. The molecular weight excluding hydrogens is 348 g/mol. The summed E-state index contributed by atoms with van der Waals surface area (Å²) in [6.07, 6.45) is 0. The zero-order valence-electron chi connectivity index (χ0n) is 14.2. The number of H-pyrrole nitrogens is 1. The highest BCUT2D eigenvalue weighted by atomic mass is 32.2. The fourth-order valence-electron chi connectivity index (χ4n) is 2.21. The summed E-state index contributed by atoms with van der Waals surface area (Å²) in [6, 6.07) is 19.1. The third-order valence-electron chi connectivity index (χ3n) is 3.60. The van der Waals surface area contributed by atoms with Crippen LogP contribution in [0.5, 0.6) is 0 Å². The fourth-order valence-corrected chi connectivity index (χ4v) is 2.91. The number of carbonyl (C=O) groups is 2. The standard InChI is InChI=1S/C19H18N4O2S/c1-13-7-9-15(10-8-13)26-12-18(24)22-23-19(25)17-11-16(20-21-17)14-5-3-2-4-6-14/h2-11H,12H2,1H3,(H,20,21)(H,22,24)(H,23,25). The lowest BCUT2D eigenvalue weighted by Crippen LogP contribution is -2.42. The van der Waals surface area contributed by atoms with Crippen molar-refractivity contribution in [2.75, 3.05) is 5.75 Å². The molecule has 0 aliphatic heterocycles. The van der Waals surface area contributed by atoms with E-state index in [9.17, 15) is 9.59 Å². The highest BCUT2D eigenvalue weighted by molar-refractivity contribution is 8.00. The van der Waals surface area contributed by atoms with E-state index in [-0.39, 0.29) is 17.4 Å². The molecule has 0 saturated heterocycles. The molecule has 7 heteroatoms. The van der Waals surface area contributed by atoms with Crippen LogP contribution in [-0.4, -0.2) is 27.8 Å². The Morgan fingerprint density at radius 3 is 2.50 bits per heavy atom. The molecule has 0 unspecified atom stereocenters. The second-order valence-corrected chi connectivity index (χ2v) is 6.69. The van der Waals surface area contributed by atoms with E-state index in [2.05, 4.69) is 21.0 Å². The molecule has 26 heavy (non-hydrogen) atoms. The van der Waals surface area contributed by atoms with Crippen molar-refractivity contribution < 1.29 is 9.59 Å². The van der Waals surface area contributed by atoms with E-state index in [4.69, 9.17) is 0 Å². The average molecular weight is 366 g/mol. The molecule has 3 rings (SSSR count). The minimum atomic E-state index is -0.451. The molecule has 0 aliphatic rings. The molecule has 2 aromatic carbocycles. The lowest BCUT2D eigenvalue weighted by Gasteiger charge is -2.06. The highest BCUT2D eigenvalue weighted by Crippen LogP contribution is 2.18. The van der Waals surface area contributed by atoms with Gasteiger partial charge in [-0.2, -0.15) is 5.10 Å². The van der Waals surface area contributed by atoms with E-state index < -0.39 is 5.91 Å². The zero-order chi connectivity index (χ0) is 18.4. The maximum atomic E-state index is 12.1. The topological polar surface area (TPSA) is 86.9 Å². The van der Waals surface area contributed by atoms with Crippen molar-refractivity contribution >= 4 is 23.6 Å². The number of hydrazine groups is 1. The van der Waals surface area contributed by atoms with Crippen LogP contribution in [0.3, 0.4) is 0 Å². The first-order valence-corrected chi connectivity index (χ1v) is 9.00. The Labute approximate surface area is 155 Å². The number of nitrogens with one attached hydrogen (secondary N) is 3. The van der Waals surface area contributed by atoms with Crippen molar-refractivity contribution in [1.82, 2.24) is 21.0 Å². The van der Waals surface area contributed by atoms with Gasteiger partial charge in [-0.3, -0.25) is 25.5 Å². The minimum Gasteiger partial charge on any atom is -0.272 e. The van der Waals surface area contributed by atoms with Crippen molar-refractivity contribution in [3.8, 4) is 11.3 Å². The van der Waals surface area contributed by atoms with Crippen LogP contribution in [0.2, 0.25) is 0 Å². The maximum absolute atomic E-state index is 12.1. The van der Waals surface area contributed by atoms with E-state index in [1.54, 1.807) is 6.07 Å². The fraction of sp³-hybridized carbons (Fsp3) is 0.105. The quantitative estimate of drug-likeness (QED) is 0.479. The molecule has 2 amide bonds. The predicted octanol–water partition coefficient (Wildman–Crippen LogP) is 2.94. The summed E-state index contributed by atoms with van der Waals surface area (Å²) in [6.45, 7) is 2.01. The van der Waals surface area contributed by atoms with Crippen molar-refractivity contribution in [2.24, 2.45) is 0 Å². The van der Waals surface area contributed by atoms with Crippen molar-refractivity contribution in [3.05, 3.63) is 71.9 Å². The number of aromatic amines is 1. The number of aromatic nitrogens is 2. The Morgan fingerprint density at radius 1 is 1.04 bits per heavy atom. The van der Waals surface area contributed by atoms with Gasteiger partial charge in [0.25, 0.3) is 5.91 Å². The summed E-state index contributed by atoms with van der Waals surface area (Å²) >= 11 is 1.40. The number of hydrogen-bond donors (Lipinski definition) is 3. The van der Waals surface area contributed by atoms with Crippen LogP contribution in [0.1, 0.15) is 16.1 Å². The lowest BCUT2D eigenvalue weighted by atomic mass is 10.1. The molecule has 0 radical (unpaired) electrons. The monoisotopic (exact) mass is 366 g/mol. The van der Waals surface area contributed by atoms with Gasteiger partial charge in [0.15, 0.2) is 0 Å². The minimum absolute atomic E-state index is 0.210. The molecule has 1 aromatic heterocycles. The molecule has 1 heterocycles. The van der Waals surface area contributed by atoms with E-state index in [1.807, 2.05) is 61.5 Å². The Bertz CT molecular complexity index is 891. The molecule has 0 spiro atoms. The van der Waals surface area contributed by atoms with Crippen molar-refractivity contribution in [2.45, 2.75) is 11.8 Å². The smallest absolute Gasteiger partial charge is 0.272 e. The molecule has 0 aliphatic carbocycles. The third kappa shape index (κ3) is 4.73. The van der Waals surface area contributed by atoms with Crippen LogP contribution in [0, 0.1) is 6.92 Å². The SMILES string of the molecule is Cc1ccc(SCC(=O)NNC(=O)c2cc(-c3ccccc3)n[nH]2)cc1. The number of carbonyl (C=O) groups excluding carboxylic acids is 2. The number of rotatable bonds is 5. The predicted molar refractivity (Wildman–Crippen MR) is 102 cm³/mol. The Hall–Kier alpha value is -3.06. The largest absolute Gasteiger partial charge is 0.287 e. The third-order valence-corrected chi connectivity index (χ3v) is 4.61. The first-order valence-electron chi connectivity index (χ1n) is 8.01. The summed E-state index contributed by atoms with van der Waals surface area (Å²) in [4.78, 5) is 25.0. The van der Waals surface area contributed by atoms with E-state index in [1.165, 1.54) is 17.3 Å². The molecule has 3 N–H and O–H groups in total. The van der Waals surface area contributed by atoms with Gasteiger partial charge in [0.1, 0.15) is 5.69 Å². The molecule has 0 fully saturated rings. The number of hydrogen-bond acceptors (Lipinski definition) is 4. The van der Waals surface area contributed by atoms with E-state index in [0.717, 1.165) is 10.5 Å². The Morgan fingerprint density at radius 2 is 1.77 bits per heavy atom. The second-order valence-electron chi connectivity index (χ2n) is 5.64. The van der Waals surface area contributed by atoms with Crippen LogP contribution in [-0.2, 0) is 4.79 Å². The van der Waals surface area contributed by atoms with Gasteiger partial charge in [-0.15, -0.1) is 11.8 Å². The first kappa shape index (κ1) is 17.8. The van der Waals surface area contributed by atoms with Crippen LogP contribution < -0.4 is 10.9 Å². The molecular formula is C19H18N4O2S. The van der Waals surface area contributed by atoms with Gasteiger partial charge in [0, 0.05) is 10.5 Å². The van der Waals surface area contributed by atoms with Crippen molar-refractivity contribution in [1.29, 1.82) is 0 Å². The maximum Gasteiger partial charge on any atom is 0.287 e. The van der Waals surface area contributed by atoms with Gasteiger partial charge >= 0.3 is 0 Å². The van der Waals surface area contributed by atoms with E-state index in [0.29, 0.717) is 5.69 Å². The lowest BCUT2D eigenvalue weighted by molar-refractivity contribution is -0.119. The second kappa shape index (κ2) is 8.35.